The molecule has 1 fully saturated rings. The first-order chi connectivity index (χ1) is 14.1. The monoisotopic (exact) mass is 376 g/mol. The normalized spacial score (nSPS) is 29.2. The van der Waals surface area contributed by atoms with Gasteiger partial charge in [-0.05, 0) is 17.5 Å². The standard InChI is InChI=1S/C27H24N2/c1-18-23(19-11-5-3-6-12-19)28-24(20-13-7-4-8-14-20)25-21-15-9-10-16-22(21)26(2)17-27(18,26)29-25/h3-16,18,29H,17H2,1-2H3/t18?,26?,27-/m1/s1. The Hall–Kier alpha value is -3.13. The van der Waals surface area contributed by atoms with Gasteiger partial charge in [0, 0.05) is 22.5 Å². The topological polar surface area (TPSA) is 24.4 Å². The molecule has 3 atom stereocenters. The van der Waals surface area contributed by atoms with Crippen molar-refractivity contribution >= 4 is 17.1 Å². The van der Waals surface area contributed by atoms with Gasteiger partial charge in [-0.25, -0.2) is 4.99 Å². The molecule has 2 unspecified atom stereocenters. The smallest absolute Gasteiger partial charge is 0.0943 e. The molecule has 2 heteroatoms. The SMILES string of the molecule is CC1C(c2ccccc2)=NC(c2ccccc2)=C2N[C@]13CC3(C)c1ccccc12. The van der Waals surface area contributed by atoms with Gasteiger partial charge < -0.3 is 5.32 Å². The fourth-order valence-electron chi connectivity index (χ4n) is 5.66. The molecule has 1 aliphatic carbocycles. The van der Waals surface area contributed by atoms with Gasteiger partial charge in [-0.1, -0.05) is 98.8 Å². The van der Waals surface area contributed by atoms with Crippen LogP contribution < -0.4 is 5.32 Å². The predicted molar refractivity (Wildman–Crippen MR) is 120 cm³/mol. The molecular weight excluding hydrogens is 352 g/mol. The molecule has 3 aromatic carbocycles. The Morgan fingerprint density at radius 2 is 1.45 bits per heavy atom. The Balaban J connectivity index is 1.70. The van der Waals surface area contributed by atoms with Crippen LogP contribution in [-0.2, 0) is 5.41 Å². The number of hydrogen-bond acceptors (Lipinski definition) is 2. The Kier molecular flexibility index (Phi) is 3.30. The van der Waals surface area contributed by atoms with Gasteiger partial charge in [0.1, 0.15) is 0 Å². The average Bonchev–Trinajstić information content (AvgIpc) is 3.44. The molecule has 6 rings (SSSR count). The summed E-state index contributed by atoms with van der Waals surface area (Å²) in [6, 6.07) is 30.2. The predicted octanol–water partition coefficient (Wildman–Crippen LogP) is 5.65. The van der Waals surface area contributed by atoms with Gasteiger partial charge in [0.15, 0.2) is 0 Å². The fraction of sp³-hybridized carbons (Fsp3) is 0.222. The summed E-state index contributed by atoms with van der Waals surface area (Å²) in [7, 11) is 0. The van der Waals surface area contributed by atoms with Gasteiger partial charge in [0.05, 0.1) is 22.6 Å². The van der Waals surface area contributed by atoms with Crippen LogP contribution in [0.4, 0.5) is 0 Å². The van der Waals surface area contributed by atoms with Crippen LogP contribution in [0, 0.1) is 5.92 Å². The Labute approximate surface area is 172 Å². The third-order valence-electron chi connectivity index (χ3n) is 7.37. The lowest BCUT2D eigenvalue weighted by Gasteiger charge is -2.37. The highest BCUT2D eigenvalue weighted by Crippen LogP contribution is 2.66. The van der Waals surface area contributed by atoms with Crippen LogP contribution in [0.1, 0.15) is 42.5 Å². The van der Waals surface area contributed by atoms with E-state index in [0.717, 1.165) is 17.7 Å². The highest BCUT2D eigenvalue weighted by atomic mass is 15.1. The molecule has 142 valence electrons. The molecule has 2 nitrogen and oxygen atoms in total. The van der Waals surface area contributed by atoms with Crippen LogP contribution in [0.5, 0.6) is 0 Å². The van der Waals surface area contributed by atoms with Crippen molar-refractivity contribution in [2.75, 3.05) is 0 Å². The molecule has 0 amide bonds. The molecule has 1 N–H and O–H groups in total. The van der Waals surface area contributed by atoms with E-state index < -0.39 is 0 Å². The summed E-state index contributed by atoms with van der Waals surface area (Å²) in [4.78, 5) is 5.38. The summed E-state index contributed by atoms with van der Waals surface area (Å²) in [5.74, 6) is 0.305. The lowest BCUT2D eigenvalue weighted by Crippen LogP contribution is -2.47. The van der Waals surface area contributed by atoms with Crippen LogP contribution in [-0.4, -0.2) is 11.3 Å². The lowest BCUT2D eigenvalue weighted by atomic mass is 9.77. The number of aliphatic imine (C=N–C) groups is 1. The van der Waals surface area contributed by atoms with E-state index >= 15 is 0 Å². The third-order valence-corrected chi connectivity index (χ3v) is 7.37. The van der Waals surface area contributed by atoms with Crippen LogP contribution in [0.2, 0.25) is 0 Å². The maximum atomic E-state index is 5.38. The minimum absolute atomic E-state index is 0.0158. The molecule has 0 saturated heterocycles. The lowest BCUT2D eigenvalue weighted by molar-refractivity contribution is 0.422. The van der Waals surface area contributed by atoms with Gasteiger partial charge in [-0.2, -0.15) is 0 Å². The van der Waals surface area contributed by atoms with Crippen LogP contribution in [0.15, 0.2) is 89.9 Å². The summed E-state index contributed by atoms with van der Waals surface area (Å²) < 4.78 is 0. The minimum Gasteiger partial charge on any atom is -0.376 e. The van der Waals surface area contributed by atoms with E-state index in [1.165, 1.54) is 28.1 Å². The number of nitrogens with one attached hydrogen (secondary N) is 1. The van der Waals surface area contributed by atoms with Gasteiger partial charge in [0.2, 0.25) is 0 Å². The van der Waals surface area contributed by atoms with E-state index in [2.05, 4.69) is 104 Å². The Morgan fingerprint density at radius 1 is 0.828 bits per heavy atom. The van der Waals surface area contributed by atoms with Gasteiger partial charge in [0.25, 0.3) is 0 Å². The fourth-order valence-corrected chi connectivity index (χ4v) is 5.66. The maximum Gasteiger partial charge on any atom is 0.0943 e. The van der Waals surface area contributed by atoms with Crippen LogP contribution >= 0.6 is 0 Å². The van der Waals surface area contributed by atoms with Crippen molar-refractivity contribution in [3.05, 3.63) is 107 Å². The third kappa shape index (κ3) is 2.15. The Bertz CT molecular complexity index is 1180. The van der Waals surface area contributed by atoms with E-state index in [1.54, 1.807) is 0 Å². The van der Waals surface area contributed by atoms with Crippen molar-refractivity contribution in [3.8, 4) is 0 Å². The molecule has 3 aromatic rings. The zero-order valence-electron chi connectivity index (χ0n) is 16.8. The molecule has 29 heavy (non-hydrogen) atoms. The molecule has 1 saturated carbocycles. The van der Waals surface area contributed by atoms with Crippen LogP contribution in [0.25, 0.3) is 11.4 Å². The first kappa shape index (κ1) is 16.8. The van der Waals surface area contributed by atoms with Crippen LogP contribution in [0.3, 0.4) is 0 Å². The van der Waals surface area contributed by atoms with Crippen molar-refractivity contribution in [1.82, 2.24) is 5.32 Å². The van der Waals surface area contributed by atoms with Gasteiger partial charge >= 0.3 is 0 Å². The highest BCUT2D eigenvalue weighted by Gasteiger charge is 2.71. The van der Waals surface area contributed by atoms with Crippen molar-refractivity contribution < 1.29 is 0 Å². The maximum absolute atomic E-state index is 5.38. The molecule has 3 aliphatic rings. The van der Waals surface area contributed by atoms with E-state index in [4.69, 9.17) is 4.99 Å². The number of rotatable bonds is 2. The summed E-state index contributed by atoms with van der Waals surface area (Å²) in [6.07, 6.45) is 1.13. The van der Waals surface area contributed by atoms with Crippen molar-refractivity contribution in [3.63, 3.8) is 0 Å². The second-order valence-electron chi connectivity index (χ2n) is 8.83. The van der Waals surface area contributed by atoms with E-state index in [9.17, 15) is 0 Å². The van der Waals surface area contributed by atoms with E-state index in [0.29, 0.717) is 5.92 Å². The summed E-state index contributed by atoms with van der Waals surface area (Å²) in [5, 5.41) is 4.03. The van der Waals surface area contributed by atoms with Crippen molar-refractivity contribution in [1.29, 1.82) is 0 Å². The zero-order chi connectivity index (χ0) is 19.6. The first-order valence-electron chi connectivity index (χ1n) is 10.5. The van der Waals surface area contributed by atoms with Crippen molar-refractivity contribution in [2.45, 2.75) is 31.2 Å². The summed E-state index contributed by atoms with van der Waals surface area (Å²) in [6.45, 7) is 4.77. The molecule has 1 spiro atoms. The summed E-state index contributed by atoms with van der Waals surface area (Å²) >= 11 is 0. The highest BCUT2D eigenvalue weighted by molar-refractivity contribution is 6.10. The molecule has 0 aromatic heterocycles. The Morgan fingerprint density at radius 3 is 2.17 bits per heavy atom. The number of fused-ring (bicyclic) bond motifs is 4. The number of hydrogen-bond donors (Lipinski definition) is 1. The van der Waals surface area contributed by atoms with Crippen molar-refractivity contribution in [2.24, 2.45) is 10.9 Å². The molecule has 2 bridgehead atoms. The van der Waals surface area contributed by atoms with E-state index in [1.807, 2.05) is 0 Å². The molecular formula is C27H24N2. The minimum atomic E-state index is 0.0158. The second kappa shape index (κ2) is 5.70. The molecule has 0 radical (unpaired) electrons. The quantitative estimate of drug-likeness (QED) is 0.614. The zero-order valence-corrected chi connectivity index (χ0v) is 16.8. The van der Waals surface area contributed by atoms with Gasteiger partial charge in [-0.15, -0.1) is 0 Å². The molecule has 2 heterocycles. The summed E-state index contributed by atoms with van der Waals surface area (Å²) in [5.41, 5.74) is 8.70. The number of benzene rings is 3. The van der Waals surface area contributed by atoms with Gasteiger partial charge in [-0.3, -0.25) is 0 Å². The first-order valence-corrected chi connectivity index (χ1v) is 10.5. The molecule has 2 aliphatic heterocycles. The largest absolute Gasteiger partial charge is 0.376 e. The second-order valence-corrected chi connectivity index (χ2v) is 8.83. The number of nitrogens with zero attached hydrogens (tertiary/aromatic N) is 1. The van der Waals surface area contributed by atoms with E-state index in [-0.39, 0.29) is 11.0 Å². The average molecular weight is 377 g/mol.